The zero-order chi connectivity index (χ0) is 16.2. The van der Waals surface area contributed by atoms with Gasteiger partial charge in [-0.05, 0) is 32.3 Å². The van der Waals surface area contributed by atoms with Gasteiger partial charge in [-0.1, -0.05) is 29.3 Å². The topological polar surface area (TPSA) is 75.6 Å². The van der Waals surface area contributed by atoms with Crippen LogP contribution in [0.5, 0.6) is 0 Å². The first-order valence-corrected chi connectivity index (χ1v) is 7.56. The van der Waals surface area contributed by atoms with Crippen molar-refractivity contribution in [2.24, 2.45) is 0 Å². The lowest BCUT2D eigenvalue weighted by Crippen LogP contribution is -2.50. The number of aryl methyl sites for hydroxylation is 3. The first kappa shape index (κ1) is 16.5. The van der Waals surface area contributed by atoms with Crippen LogP contribution in [0.3, 0.4) is 0 Å². The van der Waals surface area contributed by atoms with Gasteiger partial charge in [0.15, 0.2) is 0 Å². The molecule has 1 atom stereocenters. The summed E-state index contributed by atoms with van der Waals surface area (Å²) in [5, 5.41) is 11.9. The molecular weight excluding hydrogens is 282 g/mol. The number of carbonyl (C=O) groups excluding carboxylic acids is 1. The molecule has 22 heavy (non-hydrogen) atoms. The van der Waals surface area contributed by atoms with Crippen LogP contribution < -0.4 is 5.32 Å². The number of carboxylic acids is 1. The van der Waals surface area contributed by atoms with E-state index in [0.717, 1.165) is 5.56 Å². The zero-order valence-corrected chi connectivity index (χ0v) is 13.1. The molecule has 1 aliphatic heterocycles. The van der Waals surface area contributed by atoms with Crippen molar-refractivity contribution < 1.29 is 19.4 Å². The molecule has 0 bridgehead atoms. The minimum absolute atomic E-state index is 0.0949. The third-order valence-corrected chi connectivity index (χ3v) is 3.92. The fourth-order valence-corrected chi connectivity index (χ4v) is 3.01. The van der Waals surface area contributed by atoms with Crippen molar-refractivity contribution in [1.82, 2.24) is 5.32 Å². The molecule has 1 saturated heterocycles. The van der Waals surface area contributed by atoms with Gasteiger partial charge in [0.2, 0.25) is 5.91 Å². The van der Waals surface area contributed by atoms with Crippen LogP contribution in [0.15, 0.2) is 18.2 Å². The van der Waals surface area contributed by atoms with E-state index in [-0.39, 0.29) is 18.9 Å². The van der Waals surface area contributed by atoms with E-state index in [1.54, 1.807) is 0 Å². The maximum absolute atomic E-state index is 12.2. The van der Waals surface area contributed by atoms with Gasteiger partial charge in [-0.2, -0.15) is 0 Å². The molecule has 2 rings (SSSR count). The molecule has 1 unspecified atom stereocenters. The van der Waals surface area contributed by atoms with E-state index < -0.39 is 11.5 Å². The first-order chi connectivity index (χ1) is 10.4. The number of hydrogen-bond acceptors (Lipinski definition) is 3. The highest BCUT2D eigenvalue weighted by atomic mass is 16.5. The van der Waals surface area contributed by atoms with Crippen molar-refractivity contribution >= 4 is 11.9 Å². The van der Waals surface area contributed by atoms with Gasteiger partial charge in [0.05, 0.1) is 18.6 Å². The fraction of sp³-hybridized carbons (Fsp3) is 0.529. The van der Waals surface area contributed by atoms with Crippen LogP contribution >= 0.6 is 0 Å². The number of carboxylic acid groups (broad SMARTS) is 1. The van der Waals surface area contributed by atoms with E-state index in [0.29, 0.717) is 25.9 Å². The van der Waals surface area contributed by atoms with Crippen LogP contribution in [0.25, 0.3) is 0 Å². The lowest BCUT2D eigenvalue weighted by Gasteiger charge is -2.27. The SMILES string of the molecule is Cc1cc(C)cc(CCC(=O)NC2(CC(=O)O)CCOC2)c1. The number of nitrogens with one attached hydrogen (secondary N) is 1. The van der Waals surface area contributed by atoms with Crippen molar-refractivity contribution in [3.63, 3.8) is 0 Å². The van der Waals surface area contributed by atoms with Gasteiger partial charge >= 0.3 is 5.97 Å². The molecule has 120 valence electrons. The molecule has 1 heterocycles. The third kappa shape index (κ3) is 4.56. The molecule has 5 heteroatoms. The van der Waals surface area contributed by atoms with Gasteiger partial charge in [0.25, 0.3) is 0 Å². The summed E-state index contributed by atoms with van der Waals surface area (Å²) in [7, 11) is 0. The van der Waals surface area contributed by atoms with Crippen LogP contribution in [0, 0.1) is 13.8 Å². The molecule has 0 radical (unpaired) electrons. The first-order valence-electron chi connectivity index (χ1n) is 7.56. The number of aliphatic carboxylic acids is 1. The molecule has 1 amide bonds. The Kier molecular flexibility index (Phi) is 5.19. The highest BCUT2D eigenvalue weighted by molar-refractivity contribution is 5.78. The molecule has 1 fully saturated rings. The quantitative estimate of drug-likeness (QED) is 0.842. The summed E-state index contributed by atoms with van der Waals surface area (Å²) in [6.45, 7) is 4.84. The van der Waals surface area contributed by atoms with Crippen molar-refractivity contribution in [2.45, 2.75) is 45.1 Å². The molecule has 2 N–H and O–H groups in total. The summed E-state index contributed by atoms with van der Waals surface area (Å²) < 4.78 is 5.28. The van der Waals surface area contributed by atoms with Crippen LogP contribution in [0.4, 0.5) is 0 Å². The Bertz CT molecular complexity index is 542. The molecule has 0 aromatic heterocycles. The second kappa shape index (κ2) is 6.92. The number of benzene rings is 1. The number of ether oxygens (including phenoxy) is 1. The maximum atomic E-state index is 12.2. The highest BCUT2D eigenvalue weighted by Gasteiger charge is 2.38. The number of amides is 1. The number of hydrogen-bond donors (Lipinski definition) is 2. The molecule has 5 nitrogen and oxygen atoms in total. The zero-order valence-electron chi connectivity index (χ0n) is 13.1. The van der Waals surface area contributed by atoms with Crippen molar-refractivity contribution in [3.8, 4) is 0 Å². The average molecular weight is 305 g/mol. The van der Waals surface area contributed by atoms with Gasteiger partial charge in [-0.25, -0.2) is 0 Å². The van der Waals surface area contributed by atoms with Crippen LogP contribution in [0.2, 0.25) is 0 Å². The largest absolute Gasteiger partial charge is 0.481 e. The second-order valence-electron chi connectivity index (χ2n) is 6.20. The predicted molar refractivity (Wildman–Crippen MR) is 82.8 cm³/mol. The smallest absolute Gasteiger partial charge is 0.305 e. The Hall–Kier alpha value is -1.88. The Labute approximate surface area is 130 Å². The van der Waals surface area contributed by atoms with E-state index in [1.807, 2.05) is 13.8 Å². The minimum Gasteiger partial charge on any atom is -0.481 e. The Morgan fingerprint density at radius 1 is 1.27 bits per heavy atom. The molecule has 1 aliphatic rings. The van der Waals surface area contributed by atoms with Gasteiger partial charge in [0, 0.05) is 13.0 Å². The lowest BCUT2D eigenvalue weighted by atomic mass is 9.93. The van der Waals surface area contributed by atoms with E-state index in [1.165, 1.54) is 11.1 Å². The van der Waals surface area contributed by atoms with Crippen LogP contribution in [0.1, 0.15) is 36.0 Å². The van der Waals surface area contributed by atoms with E-state index in [9.17, 15) is 9.59 Å². The average Bonchev–Trinajstić information content (AvgIpc) is 2.82. The molecule has 0 spiro atoms. The van der Waals surface area contributed by atoms with E-state index in [4.69, 9.17) is 9.84 Å². The molecule has 0 aliphatic carbocycles. The Morgan fingerprint density at radius 3 is 2.50 bits per heavy atom. The van der Waals surface area contributed by atoms with Gasteiger partial charge < -0.3 is 15.2 Å². The van der Waals surface area contributed by atoms with Crippen LogP contribution in [-0.2, 0) is 20.7 Å². The number of rotatable bonds is 6. The normalized spacial score (nSPS) is 20.8. The summed E-state index contributed by atoms with van der Waals surface area (Å²) in [5.74, 6) is -1.04. The van der Waals surface area contributed by atoms with Gasteiger partial charge in [-0.3, -0.25) is 9.59 Å². The molecular formula is C17H23NO4. The number of carbonyl (C=O) groups is 2. The van der Waals surface area contributed by atoms with Gasteiger partial charge in [0.1, 0.15) is 0 Å². The molecule has 0 saturated carbocycles. The maximum Gasteiger partial charge on any atom is 0.305 e. The molecule has 1 aromatic rings. The highest BCUT2D eigenvalue weighted by Crippen LogP contribution is 2.23. The monoisotopic (exact) mass is 305 g/mol. The summed E-state index contributed by atoms with van der Waals surface area (Å²) in [5.41, 5.74) is 2.75. The van der Waals surface area contributed by atoms with Crippen molar-refractivity contribution in [3.05, 3.63) is 34.9 Å². The predicted octanol–water partition coefficient (Wildman–Crippen LogP) is 1.99. The van der Waals surface area contributed by atoms with Crippen LogP contribution in [-0.4, -0.2) is 35.7 Å². The van der Waals surface area contributed by atoms with E-state index >= 15 is 0 Å². The summed E-state index contributed by atoms with van der Waals surface area (Å²) in [6, 6.07) is 6.25. The summed E-state index contributed by atoms with van der Waals surface area (Å²) in [4.78, 5) is 23.2. The minimum atomic E-state index is -0.917. The summed E-state index contributed by atoms with van der Waals surface area (Å²) >= 11 is 0. The third-order valence-electron chi connectivity index (χ3n) is 3.92. The fourth-order valence-electron chi connectivity index (χ4n) is 3.01. The molecule has 1 aromatic carbocycles. The van der Waals surface area contributed by atoms with Crippen molar-refractivity contribution in [2.75, 3.05) is 13.2 Å². The Morgan fingerprint density at radius 2 is 1.95 bits per heavy atom. The van der Waals surface area contributed by atoms with E-state index in [2.05, 4.69) is 23.5 Å². The standard InChI is InChI=1S/C17H23NO4/c1-12-7-13(2)9-14(8-12)3-4-15(19)18-17(10-16(20)21)5-6-22-11-17/h7-9H,3-6,10-11H2,1-2H3,(H,18,19)(H,20,21). The van der Waals surface area contributed by atoms with Gasteiger partial charge in [-0.15, -0.1) is 0 Å². The lowest BCUT2D eigenvalue weighted by molar-refractivity contribution is -0.139. The van der Waals surface area contributed by atoms with Crippen molar-refractivity contribution in [1.29, 1.82) is 0 Å². The Balaban J connectivity index is 1.92. The summed E-state index contributed by atoms with van der Waals surface area (Å²) in [6.07, 6.45) is 1.46. The second-order valence-corrected chi connectivity index (χ2v) is 6.20.